The molecule has 1 aromatic carbocycles. The number of anilines is 1. The van der Waals surface area contributed by atoms with Crippen molar-refractivity contribution in [3.63, 3.8) is 0 Å². The lowest BCUT2D eigenvalue weighted by molar-refractivity contribution is 0.101. The summed E-state index contributed by atoms with van der Waals surface area (Å²) in [6, 6.07) is 7.61. The molecule has 1 amide bonds. The monoisotopic (exact) mass is 335 g/mol. The first-order valence-electron chi connectivity index (χ1n) is 6.70. The number of aryl methyl sites for hydroxylation is 2. The number of hydrogen-bond donors (Lipinski definition) is 1. The van der Waals surface area contributed by atoms with Crippen molar-refractivity contribution in [3.05, 3.63) is 45.7 Å². The first-order chi connectivity index (χ1) is 9.56. The number of nitrogens with zero attached hydrogens (tertiary/aromatic N) is 2. The molecular formula is C15H18BrN3O. The lowest BCUT2D eigenvalue weighted by Crippen LogP contribution is -2.17. The van der Waals surface area contributed by atoms with Gasteiger partial charge in [0.15, 0.2) is 0 Å². The Bertz CT molecular complexity index is 634. The summed E-state index contributed by atoms with van der Waals surface area (Å²) in [6.07, 6.45) is 0.823. The molecule has 1 aromatic heterocycles. The Morgan fingerprint density at radius 2 is 2.15 bits per heavy atom. The average Bonchev–Trinajstić information content (AvgIpc) is 2.87. The zero-order valence-electron chi connectivity index (χ0n) is 11.9. The summed E-state index contributed by atoms with van der Waals surface area (Å²) in [5.74, 6) is -0.125. The lowest BCUT2D eigenvalue weighted by atomic mass is 10.2. The standard InChI is InChI=1S/C15H18BrN3O/c1-4-11-9-14(19(5-2)18-11)15(20)17-13-8-6-7-12(16)10(13)3/h6-9H,4-5H2,1-3H3,(H,17,20). The molecule has 0 bridgehead atoms. The van der Waals surface area contributed by atoms with Crippen molar-refractivity contribution in [3.8, 4) is 0 Å². The third-order valence-electron chi connectivity index (χ3n) is 3.24. The molecule has 1 N–H and O–H groups in total. The number of rotatable bonds is 4. The van der Waals surface area contributed by atoms with E-state index in [9.17, 15) is 4.79 Å². The van der Waals surface area contributed by atoms with Gasteiger partial charge in [0.2, 0.25) is 0 Å². The average molecular weight is 336 g/mol. The van der Waals surface area contributed by atoms with E-state index in [0.717, 1.165) is 27.8 Å². The molecule has 106 valence electrons. The number of aromatic nitrogens is 2. The molecule has 0 saturated carbocycles. The topological polar surface area (TPSA) is 46.9 Å². The van der Waals surface area contributed by atoms with E-state index in [1.165, 1.54) is 0 Å². The van der Waals surface area contributed by atoms with Crippen LogP contribution in [0, 0.1) is 6.92 Å². The second-order valence-electron chi connectivity index (χ2n) is 4.56. The van der Waals surface area contributed by atoms with E-state index in [0.29, 0.717) is 12.2 Å². The number of halogens is 1. The van der Waals surface area contributed by atoms with Crippen LogP contribution in [0.2, 0.25) is 0 Å². The van der Waals surface area contributed by atoms with Crippen LogP contribution in [0.4, 0.5) is 5.69 Å². The number of carbonyl (C=O) groups excluding carboxylic acids is 1. The van der Waals surface area contributed by atoms with Crippen LogP contribution >= 0.6 is 15.9 Å². The fourth-order valence-electron chi connectivity index (χ4n) is 2.00. The Morgan fingerprint density at radius 1 is 1.40 bits per heavy atom. The summed E-state index contributed by atoms with van der Waals surface area (Å²) < 4.78 is 2.72. The molecule has 2 rings (SSSR count). The molecule has 4 nitrogen and oxygen atoms in total. The highest BCUT2D eigenvalue weighted by Crippen LogP contribution is 2.24. The van der Waals surface area contributed by atoms with Crippen molar-refractivity contribution in [1.29, 1.82) is 0 Å². The number of carbonyl (C=O) groups is 1. The van der Waals surface area contributed by atoms with Crippen molar-refractivity contribution in [2.45, 2.75) is 33.7 Å². The molecule has 20 heavy (non-hydrogen) atoms. The van der Waals surface area contributed by atoms with Crippen molar-refractivity contribution >= 4 is 27.5 Å². The summed E-state index contributed by atoms with van der Waals surface area (Å²) in [7, 11) is 0. The second-order valence-corrected chi connectivity index (χ2v) is 5.41. The van der Waals surface area contributed by atoms with Crippen LogP contribution in [0.3, 0.4) is 0 Å². The van der Waals surface area contributed by atoms with Crippen LogP contribution in [-0.2, 0) is 13.0 Å². The van der Waals surface area contributed by atoms with Gasteiger partial charge in [0, 0.05) is 16.7 Å². The third-order valence-corrected chi connectivity index (χ3v) is 4.10. The lowest BCUT2D eigenvalue weighted by Gasteiger charge is -2.10. The van der Waals surface area contributed by atoms with Crippen molar-refractivity contribution in [1.82, 2.24) is 9.78 Å². The van der Waals surface area contributed by atoms with Gasteiger partial charge in [-0.1, -0.05) is 28.9 Å². The largest absolute Gasteiger partial charge is 0.320 e. The normalized spacial score (nSPS) is 10.6. The van der Waals surface area contributed by atoms with E-state index in [4.69, 9.17) is 0 Å². The van der Waals surface area contributed by atoms with Crippen LogP contribution < -0.4 is 5.32 Å². The molecule has 0 spiro atoms. The zero-order chi connectivity index (χ0) is 14.7. The first kappa shape index (κ1) is 14.8. The molecule has 2 aromatic rings. The molecular weight excluding hydrogens is 318 g/mol. The van der Waals surface area contributed by atoms with Gasteiger partial charge in [-0.25, -0.2) is 0 Å². The summed E-state index contributed by atoms with van der Waals surface area (Å²) in [5.41, 5.74) is 3.36. The van der Waals surface area contributed by atoms with E-state index >= 15 is 0 Å². The highest BCUT2D eigenvalue weighted by Gasteiger charge is 2.15. The van der Waals surface area contributed by atoms with Crippen molar-refractivity contribution in [2.75, 3.05) is 5.32 Å². The van der Waals surface area contributed by atoms with E-state index in [1.54, 1.807) is 4.68 Å². The SMILES string of the molecule is CCc1cc(C(=O)Nc2cccc(Br)c2C)n(CC)n1. The molecule has 1 heterocycles. The quantitative estimate of drug-likeness (QED) is 0.923. The Balaban J connectivity index is 2.28. The number of benzene rings is 1. The number of nitrogens with one attached hydrogen (secondary N) is 1. The van der Waals surface area contributed by atoms with Crippen LogP contribution in [0.15, 0.2) is 28.7 Å². The first-order valence-corrected chi connectivity index (χ1v) is 7.49. The molecule has 0 aliphatic rings. The molecule has 0 saturated heterocycles. The summed E-state index contributed by atoms with van der Waals surface area (Å²) in [4.78, 5) is 12.4. The van der Waals surface area contributed by atoms with Gasteiger partial charge in [-0.15, -0.1) is 0 Å². The van der Waals surface area contributed by atoms with Gasteiger partial charge in [-0.2, -0.15) is 5.10 Å². The minimum absolute atomic E-state index is 0.125. The number of hydrogen-bond acceptors (Lipinski definition) is 2. The van der Waals surface area contributed by atoms with Crippen LogP contribution in [0.1, 0.15) is 35.6 Å². The van der Waals surface area contributed by atoms with Gasteiger partial charge in [-0.05, 0) is 44.0 Å². The molecule has 0 fully saturated rings. The van der Waals surface area contributed by atoms with Crippen LogP contribution in [-0.4, -0.2) is 15.7 Å². The predicted octanol–water partition coefficient (Wildman–Crippen LogP) is 3.79. The maximum atomic E-state index is 12.4. The second kappa shape index (κ2) is 6.22. The van der Waals surface area contributed by atoms with Crippen LogP contribution in [0.5, 0.6) is 0 Å². The van der Waals surface area contributed by atoms with E-state index in [1.807, 2.05) is 45.0 Å². The Labute approximate surface area is 127 Å². The molecule has 0 aliphatic heterocycles. The van der Waals surface area contributed by atoms with Gasteiger partial charge in [0.1, 0.15) is 5.69 Å². The Morgan fingerprint density at radius 3 is 2.80 bits per heavy atom. The summed E-state index contributed by atoms with van der Waals surface area (Å²) in [5, 5.41) is 7.35. The Kier molecular flexibility index (Phi) is 4.60. The Hall–Kier alpha value is -1.62. The minimum Gasteiger partial charge on any atom is -0.320 e. The van der Waals surface area contributed by atoms with Gasteiger partial charge >= 0.3 is 0 Å². The maximum Gasteiger partial charge on any atom is 0.273 e. The molecule has 0 radical (unpaired) electrons. The minimum atomic E-state index is -0.125. The van der Waals surface area contributed by atoms with Gasteiger partial charge in [0.25, 0.3) is 5.91 Å². The van der Waals surface area contributed by atoms with Crippen LogP contribution in [0.25, 0.3) is 0 Å². The van der Waals surface area contributed by atoms with Crippen molar-refractivity contribution < 1.29 is 4.79 Å². The zero-order valence-corrected chi connectivity index (χ0v) is 13.5. The maximum absolute atomic E-state index is 12.4. The number of amides is 1. The highest BCUT2D eigenvalue weighted by molar-refractivity contribution is 9.10. The van der Waals surface area contributed by atoms with Gasteiger partial charge < -0.3 is 5.32 Å². The van der Waals surface area contributed by atoms with Crippen molar-refractivity contribution in [2.24, 2.45) is 0 Å². The molecule has 0 aliphatic carbocycles. The third kappa shape index (κ3) is 2.93. The molecule has 0 unspecified atom stereocenters. The fraction of sp³-hybridized carbons (Fsp3) is 0.333. The van der Waals surface area contributed by atoms with E-state index in [-0.39, 0.29) is 5.91 Å². The highest BCUT2D eigenvalue weighted by atomic mass is 79.9. The predicted molar refractivity (Wildman–Crippen MR) is 84.1 cm³/mol. The van der Waals surface area contributed by atoms with E-state index in [2.05, 4.69) is 26.3 Å². The summed E-state index contributed by atoms with van der Waals surface area (Å²) in [6.45, 7) is 6.66. The van der Waals surface area contributed by atoms with Gasteiger partial charge in [0.05, 0.1) is 5.69 Å². The fourth-order valence-corrected chi connectivity index (χ4v) is 2.36. The van der Waals surface area contributed by atoms with Gasteiger partial charge in [-0.3, -0.25) is 9.48 Å². The molecule has 0 atom stereocenters. The smallest absolute Gasteiger partial charge is 0.273 e. The molecule has 5 heteroatoms. The van der Waals surface area contributed by atoms with E-state index < -0.39 is 0 Å². The summed E-state index contributed by atoms with van der Waals surface area (Å²) >= 11 is 3.47.